The van der Waals surface area contributed by atoms with Crippen LogP contribution >= 0.6 is 0 Å². The van der Waals surface area contributed by atoms with Crippen molar-refractivity contribution in [3.63, 3.8) is 0 Å². The maximum Gasteiger partial charge on any atom is 0.343 e. The third kappa shape index (κ3) is 9.35. The van der Waals surface area contributed by atoms with Gasteiger partial charge in [0.2, 0.25) is 0 Å². The monoisotopic (exact) mass is 808 g/mol. The molecule has 4 N–H and O–H groups in total. The van der Waals surface area contributed by atoms with Gasteiger partial charge >= 0.3 is 17.9 Å². The molecular formula is C49H32N2O10. The molecule has 0 aliphatic rings. The Kier molecular flexibility index (Phi) is 10.9. The lowest BCUT2D eigenvalue weighted by Gasteiger charge is -2.10. The fourth-order valence-corrected chi connectivity index (χ4v) is 6.29. The molecule has 2 amide bonds. The van der Waals surface area contributed by atoms with E-state index in [9.17, 15) is 34.2 Å². The van der Waals surface area contributed by atoms with Crippen molar-refractivity contribution in [2.24, 2.45) is 0 Å². The summed E-state index contributed by atoms with van der Waals surface area (Å²) in [6.07, 6.45) is 0. The molecule has 0 saturated heterocycles. The fourth-order valence-electron chi connectivity index (χ4n) is 6.29. The third-order valence-electron chi connectivity index (χ3n) is 9.45. The van der Waals surface area contributed by atoms with E-state index in [0.717, 1.165) is 10.8 Å². The molecule has 0 fully saturated rings. The predicted octanol–water partition coefficient (Wildman–Crippen LogP) is 9.57. The number of phenols is 2. The summed E-state index contributed by atoms with van der Waals surface area (Å²) in [5.74, 6) is -1.74. The van der Waals surface area contributed by atoms with Gasteiger partial charge in [-0.25, -0.2) is 14.4 Å². The second-order valence-corrected chi connectivity index (χ2v) is 13.7. The number of phenolic OH excluding ortho intramolecular Hbond substituents is 2. The molecule has 0 radical (unpaired) electrons. The Balaban J connectivity index is 0.845. The quantitative estimate of drug-likeness (QED) is 0.0591. The summed E-state index contributed by atoms with van der Waals surface area (Å²) in [5.41, 5.74) is 2.26. The van der Waals surface area contributed by atoms with Crippen molar-refractivity contribution in [3.05, 3.63) is 198 Å². The van der Waals surface area contributed by atoms with Crippen LogP contribution in [0.2, 0.25) is 0 Å². The Labute approximate surface area is 347 Å². The van der Waals surface area contributed by atoms with Crippen LogP contribution in [0.25, 0.3) is 21.5 Å². The van der Waals surface area contributed by atoms with E-state index in [0.29, 0.717) is 33.3 Å². The molecule has 0 heterocycles. The van der Waals surface area contributed by atoms with E-state index >= 15 is 0 Å². The Hall–Kier alpha value is -8.77. The number of benzene rings is 8. The first-order valence-corrected chi connectivity index (χ1v) is 18.7. The van der Waals surface area contributed by atoms with Crippen molar-refractivity contribution in [3.8, 4) is 28.7 Å². The fraction of sp³-hybridized carbons (Fsp3) is 0. The molecule has 0 spiro atoms. The average molecular weight is 809 g/mol. The minimum Gasteiger partial charge on any atom is -0.508 e. The van der Waals surface area contributed by atoms with Crippen LogP contribution in [0.3, 0.4) is 0 Å². The molecule has 0 bridgehead atoms. The van der Waals surface area contributed by atoms with Crippen molar-refractivity contribution in [1.29, 1.82) is 0 Å². The lowest BCUT2D eigenvalue weighted by atomic mass is 10.1. The lowest BCUT2D eigenvalue weighted by Crippen LogP contribution is -2.14. The van der Waals surface area contributed by atoms with Crippen LogP contribution in [0.15, 0.2) is 170 Å². The van der Waals surface area contributed by atoms with Gasteiger partial charge in [-0.3, -0.25) is 9.59 Å². The number of fused-ring (bicyclic) bond motifs is 2. The normalized spacial score (nSPS) is 10.8. The summed E-state index contributed by atoms with van der Waals surface area (Å²) >= 11 is 0. The van der Waals surface area contributed by atoms with Crippen LogP contribution in [-0.4, -0.2) is 39.9 Å². The van der Waals surface area contributed by atoms with Crippen molar-refractivity contribution in [2.75, 3.05) is 10.6 Å². The van der Waals surface area contributed by atoms with Gasteiger partial charge in [0.05, 0.1) is 16.7 Å². The Morgan fingerprint density at radius 3 is 1.34 bits per heavy atom. The van der Waals surface area contributed by atoms with Gasteiger partial charge in [-0.05, 0) is 161 Å². The largest absolute Gasteiger partial charge is 0.508 e. The topological polar surface area (TPSA) is 178 Å². The Morgan fingerprint density at radius 2 is 0.738 bits per heavy atom. The number of rotatable bonds is 10. The maximum atomic E-state index is 13.2. The minimum atomic E-state index is -0.686. The number of aromatic hydroxyl groups is 2. The molecule has 298 valence electrons. The molecular weight excluding hydrogens is 777 g/mol. The highest BCUT2D eigenvalue weighted by molar-refractivity contribution is 6.06. The number of amides is 2. The minimum absolute atomic E-state index is 0.0832. The number of anilines is 2. The van der Waals surface area contributed by atoms with E-state index in [1.54, 1.807) is 115 Å². The SMILES string of the molecule is O=C(Nc1ccc(O)cc1)c1ccc(OC(=O)c2ccc3cc(OC(=O)c4cccc(C(=O)Nc5ccc(OC(=O)c6ccc7cc(O)ccc7c6)cc5)c4)ccc3c2)cc1. The zero-order valence-corrected chi connectivity index (χ0v) is 31.8. The number of nitrogens with one attached hydrogen (secondary N) is 2. The lowest BCUT2D eigenvalue weighted by molar-refractivity contribution is 0.0725. The van der Waals surface area contributed by atoms with Crippen LogP contribution in [0.4, 0.5) is 11.4 Å². The van der Waals surface area contributed by atoms with Gasteiger partial charge in [0.15, 0.2) is 0 Å². The van der Waals surface area contributed by atoms with Gasteiger partial charge in [0, 0.05) is 22.5 Å². The Bertz CT molecular complexity index is 3000. The van der Waals surface area contributed by atoms with Gasteiger partial charge in [0.25, 0.3) is 11.8 Å². The maximum absolute atomic E-state index is 13.2. The molecule has 0 aliphatic carbocycles. The summed E-state index contributed by atoms with van der Waals surface area (Å²) in [4.78, 5) is 64.6. The molecule has 12 heteroatoms. The molecule has 0 aromatic heterocycles. The number of hydrogen-bond acceptors (Lipinski definition) is 10. The van der Waals surface area contributed by atoms with E-state index in [4.69, 9.17) is 14.2 Å². The summed E-state index contributed by atoms with van der Waals surface area (Å²) in [7, 11) is 0. The highest BCUT2D eigenvalue weighted by atomic mass is 16.5. The Morgan fingerprint density at radius 1 is 0.344 bits per heavy atom. The molecule has 12 nitrogen and oxygen atoms in total. The zero-order valence-electron chi connectivity index (χ0n) is 31.8. The molecule has 8 rings (SSSR count). The third-order valence-corrected chi connectivity index (χ3v) is 9.45. The molecule has 8 aromatic carbocycles. The van der Waals surface area contributed by atoms with Crippen molar-refractivity contribution in [2.45, 2.75) is 0 Å². The summed E-state index contributed by atoms with van der Waals surface area (Å²) in [6.45, 7) is 0. The first kappa shape index (κ1) is 39.1. The molecule has 0 unspecified atom stereocenters. The summed E-state index contributed by atoms with van der Waals surface area (Å²) < 4.78 is 16.7. The van der Waals surface area contributed by atoms with Gasteiger partial charge < -0.3 is 35.1 Å². The highest BCUT2D eigenvalue weighted by Crippen LogP contribution is 2.26. The molecule has 0 saturated carbocycles. The van der Waals surface area contributed by atoms with Gasteiger partial charge in [0.1, 0.15) is 28.7 Å². The smallest absolute Gasteiger partial charge is 0.343 e. The van der Waals surface area contributed by atoms with Crippen LogP contribution in [-0.2, 0) is 0 Å². The van der Waals surface area contributed by atoms with Gasteiger partial charge in [-0.2, -0.15) is 0 Å². The molecule has 0 atom stereocenters. The van der Waals surface area contributed by atoms with E-state index < -0.39 is 23.8 Å². The van der Waals surface area contributed by atoms with Crippen LogP contribution in [0.1, 0.15) is 51.8 Å². The van der Waals surface area contributed by atoms with Gasteiger partial charge in [-0.1, -0.05) is 30.3 Å². The highest BCUT2D eigenvalue weighted by Gasteiger charge is 2.16. The van der Waals surface area contributed by atoms with Gasteiger partial charge in [-0.15, -0.1) is 0 Å². The summed E-state index contributed by atoms with van der Waals surface area (Å²) in [6, 6.07) is 44.2. The van der Waals surface area contributed by atoms with Crippen molar-refractivity contribution < 1.29 is 48.4 Å². The zero-order chi connectivity index (χ0) is 42.5. The van der Waals surface area contributed by atoms with E-state index in [1.165, 1.54) is 54.6 Å². The van der Waals surface area contributed by atoms with Crippen LogP contribution in [0.5, 0.6) is 28.7 Å². The van der Waals surface area contributed by atoms with Crippen LogP contribution in [0, 0.1) is 0 Å². The number of hydrogen-bond donors (Lipinski definition) is 4. The first-order chi connectivity index (χ1) is 29.5. The number of carbonyl (C=O) groups excluding carboxylic acids is 5. The molecule has 0 aliphatic heterocycles. The number of esters is 3. The summed E-state index contributed by atoms with van der Waals surface area (Å²) in [5, 5.41) is 27.5. The van der Waals surface area contributed by atoms with Crippen molar-refractivity contribution in [1.82, 2.24) is 0 Å². The van der Waals surface area contributed by atoms with Crippen LogP contribution < -0.4 is 24.8 Å². The first-order valence-electron chi connectivity index (χ1n) is 18.7. The van der Waals surface area contributed by atoms with Crippen molar-refractivity contribution >= 4 is 62.6 Å². The average Bonchev–Trinajstić information content (AvgIpc) is 3.27. The predicted molar refractivity (Wildman–Crippen MR) is 228 cm³/mol. The van der Waals surface area contributed by atoms with E-state index in [1.807, 2.05) is 0 Å². The second-order valence-electron chi connectivity index (χ2n) is 13.7. The van der Waals surface area contributed by atoms with E-state index in [-0.39, 0.29) is 51.3 Å². The number of ether oxygens (including phenoxy) is 3. The standard InChI is InChI=1S/C49H32N2O10/c52-40-17-12-38(13-18-40)50-45(54)29-9-19-42(20-10-29)59-48(57)37-7-5-33-28-44(21-11-31(33)25-37)61-47(56)35-3-1-2-34(26-35)46(55)51-39-14-22-43(23-15-39)60-49(58)36-6-4-32-27-41(53)16-8-30(32)24-36/h1-28,52-53H,(H,50,54)(H,51,55). The molecule has 61 heavy (non-hydrogen) atoms. The second kappa shape index (κ2) is 17.0. The molecule has 8 aromatic rings. The van der Waals surface area contributed by atoms with E-state index in [2.05, 4.69) is 10.6 Å². The number of carbonyl (C=O) groups is 5.